The standard InChI is InChI=1S/C27H51NO/c1-3-5-7-9-11-12-13-14-15-16-17-18-19-21-23-25-27(29)28-26-24-22-20-10-8-6-4-2/h11-12,14-15H,3-10,13,16-26H2,1-2H3,(H,28,29)/b12-11-,15-14-. The fraction of sp³-hybridized carbons (Fsp3) is 0.815. The van der Waals surface area contributed by atoms with Crippen molar-refractivity contribution in [2.45, 2.75) is 136 Å². The monoisotopic (exact) mass is 405 g/mol. The smallest absolute Gasteiger partial charge is 0.219 e. The molecule has 0 heterocycles. The minimum absolute atomic E-state index is 0.252. The van der Waals surface area contributed by atoms with Crippen molar-refractivity contribution in [3.63, 3.8) is 0 Å². The number of carbonyl (C=O) groups is 1. The van der Waals surface area contributed by atoms with E-state index in [4.69, 9.17) is 0 Å². The van der Waals surface area contributed by atoms with Gasteiger partial charge >= 0.3 is 0 Å². The van der Waals surface area contributed by atoms with E-state index in [9.17, 15) is 4.79 Å². The highest BCUT2D eigenvalue weighted by Gasteiger charge is 2.00. The summed E-state index contributed by atoms with van der Waals surface area (Å²) in [6.45, 7) is 5.37. The van der Waals surface area contributed by atoms with Crippen LogP contribution >= 0.6 is 0 Å². The molecule has 0 aromatic heterocycles. The Morgan fingerprint density at radius 1 is 0.586 bits per heavy atom. The van der Waals surface area contributed by atoms with Gasteiger partial charge in [0.25, 0.3) is 0 Å². The van der Waals surface area contributed by atoms with Gasteiger partial charge in [-0.3, -0.25) is 4.79 Å². The lowest BCUT2D eigenvalue weighted by molar-refractivity contribution is -0.121. The number of rotatable bonds is 22. The highest BCUT2D eigenvalue weighted by atomic mass is 16.1. The molecule has 0 aromatic rings. The predicted octanol–water partition coefficient (Wildman–Crippen LogP) is 8.67. The topological polar surface area (TPSA) is 29.1 Å². The van der Waals surface area contributed by atoms with Crippen LogP contribution in [0.3, 0.4) is 0 Å². The van der Waals surface area contributed by atoms with E-state index in [0.29, 0.717) is 6.42 Å². The van der Waals surface area contributed by atoms with E-state index in [1.54, 1.807) is 0 Å². The Balaban J connectivity index is 3.25. The maximum Gasteiger partial charge on any atom is 0.219 e. The van der Waals surface area contributed by atoms with Crippen LogP contribution in [0.5, 0.6) is 0 Å². The van der Waals surface area contributed by atoms with Crippen molar-refractivity contribution in [1.82, 2.24) is 5.32 Å². The Hall–Kier alpha value is -1.05. The van der Waals surface area contributed by atoms with Crippen molar-refractivity contribution in [1.29, 1.82) is 0 Å². The zero-order valence-corrected chi connectivity index (χ0v) is 19.9. The van der Waals surface area contributed by atoms with Crippen molar-refractivity contribution in [2.24, 2.45) is 0 Å². The third-order valence-corrected chi connectivity index (χ3v) is 5.46. The van der Waals surface area contributed by atoms with Crippen LogP contribution < -0.4 is 5.32 Å². The summed E-state index contributed by atoms with van der Waals surface area (Å²) in [7, 11) is 0. The van der Waals surface area contributed by atoms with E-state index in [0.717, 1.165) is 25.8 Å². The van der Waals surface area contributed by atoms with Crippen LogP contribution in [0.1, 0.15) is 136 Å². The van der Waals surface area contributed by atoms with Crippen LogP contribution in [-0.2, 0) is 4.79 Å². The average Bonchev–Trinajstić information content (AvgIpc) is 2.72. The maximum absolute atomic E-state index is 11.8. The first-order valence-corrected chi connectivity index (χ1v) is 12.9. The molecule has 29 heavy (non-hydrogen) atoms. The molecule has 0 saturated carbocycles. The van der Waals surface area contributed by atoms with E-state index >= 15 is 0 Å². The van der Waals surface area contributed by atoms with Gasteiger partial charge in [-0.1, -0.05) is 109 Å². The third kappa shape index (κ3) is 24.9. The van der Waals surface area contributed by atoms with Crippen molar-refractivity contribution < 1.29 is 4.79 Å². The van der Waals surface area contributed by atoms with Crippen molar-refractivity contribution in [3.05, 3.63) is 24.3 Å². The SMILES string of the molecule is CCCCC/C=C\C/C=C\CCCCCCCC(=O)NCCCCCCCCC. The summed E-state index contributed by atoms with van der Waals surface area (Å²) in [6, 6.07) is 0. The molecule has 1 N–H and O–H groups in total. The molecule has 2 nitrogen and oxygen atoms in total. The number of hydrogen-bond donors (Lipinski definition) is 1. The van der Waals surface area contributed by atoms with Gasteiger partial charge in [0.1, 0.15) is 0 Å². The fourth-order valence-electron chi connectivity index (χ4n) is 3.50. The first-order chi connectivity index (χ1) is 14.3. The molecule has 0 aliphatic carbocycles. The molecular formula is C27H51NO. The highest BCUT2D eigenvalue weighted by molar-refractivity contribution is 5.75. The summed E-state index contributed by atoms with van der Waals surface area (Å²) < 4.78 is 0. The Morgan fingerprint density at radius 2 is 1.07 bits per heavy atom. The van der Waals surface area contributed by atoms with Gasteiger partial charge in [0.05, 0.1) is 0 Å². The normalized spacial score (nSPS) is 11.7. The highest BCUT2D eigenvalue weighted by Crippen LogP contribution is 2.09. The van der Waals surface area contributed by atoms with Crippen LogP contribution in [0.15, 0.2) is 24.3 Å². The predicted molar refractivity (Wildman–Crippen MR) is 130 cm³/mol. The number of carbonyl (C=O) groups excluding carboxylic acids is 1. The minimum Gasteiger partial charge on any atom is -0.356 e. The van der Waals surface area contributed by atoms with Gasteiger partial charge in [0.15, 0.2) is 0 Å². The summed E-state index contributed by atoms with van der Waals surface area (Å²) >= 11 is 0. The number of unbranched alkanes of at least 4 members (excludes halogenated alkanes) is 14. The molecule has 0 atom stereocenters. The molecule has 0 aliphatic heterocycles. The maximum atomic E-state index is 11.8. The van der Waals surface area contributed by atoms with Gasteiger partial charge in [0, 0.05) is 13.0 Å². The molecule has 0 fully saturated rings. The Labute approximate surface area is 183 Å². The lowest BCUT2D eigenvalue weighted by Gasteiger charge is -2.05. The number of hydrogen-bond acceptors (Lipinski definition) is 1. The largest absolute Gasteiger partial charge is 0.356 e. The second-order valence-electron chi connectivity index (χ2n) is 8.45. The van der Waals surface area contributed by atoms with Crippen LogP contribution in [-0.4, -0.2) is 12.5 Å². The second-order valence-corrected chi connectivity index (χ2v) is 8.45. The van der Waals surface area contributed by atoms with Gasteiger partial charge in [-0.05, 0) is 44.9 Å². The van der Waals surface area contributed by atoms with Crippen molar-refractivity contribution in [3.8, 4) is 0 Å². The quantitative estimate of drug-likeness (QED) is 0.142. The number of allylic oxidation sites excluding steroid dienone is 4. The Bertz CT molecular complexity index is 386. The van der Waals surface area contributed by atoms with Gasteiger partial charge in [-0.2, -0.15) is 0 Å². The van der Waals surface area contributed by atoms with Gasteiger partial charge < -0.3 is 5.32 Å². The van der Waals surface area contributed by atoms with E-state index in [1.807, 2.05) is 0 Å². The minimum atomic E-state index is 0.252. The molecule has 170 valence electrons. The van der Waals surface area contributed by atoms with Crippen LogP contribution in [0.4, 0.5) is 0 Å². The Kier molecular flexibility index (Phi) is 24.1. The lowest BCUT2D eigenvalue weighted by Crippen LogP contribution is -2.23. The van der Waals surface area contributed by atoms with Gasteiger partial charge in [-0.15, -0.1) is 0 Å². The Morgan fingerprint density at radius 3 is 1.72 bits per heavy atom. The first kappa shape index (κ1) is 27.9. The van der Waals surface area contributed by atoms with Crippen LogP contribution in [0, 0.1) is 0 Å². The van der Waals surface area contributed by atoms with Gasteiger partial charge in [0.2, 0.25) is 5.91 Å². The van der Waals surface area contributed by atoms with Gasteiger partial charge in [-0.25, -0.2) is 0 Å². The zero-order valence-electron chi connectivity index (χ0n) is 19.9. The van der Waals surface area contributed by atoms with Crippen LogP contribution in [0.2, 0.25) is 0 Å². The zero-order chi connectivity index (χ0) is 21.3. The molecule has 1 amide bonds. The second kappa shape index (κ2) is 25.0. The summed E-state index contributed by atoms with van der Waals surface area (Å²) in [4.78, 5) is 11.8. The van der Waals surface area contributed by atoms with Crippen LogP contribution in [0.25, 0.3) is 0 Å². The molecular weight excluding hydrogens is 354 g/mol. The molecule has 0 aliphatic rings. The van der Waals surface area contributed by atoms with E-state index in [-0.39, 0.29) is 5.91 Å². The molecule has 0 spiro atoms. The van der Waals surface area contributed by atoms with E-state index in [2.05, 4.69) is 43.5 Å². The molecule has 2 heteroatoms. The molecule has 0 rings (SSSR count). The summed E-state index contributed by atoms with van der Waals surface area (Å²) in [5.41, 5.74) is 0. The molecule has 0 aromatic carbocycles. The van der Waals surface area contributed by atoms with Crippen molar-refractivity contribution in [2.75, 3.05) is 6.54 Å². The third-order valence-electron chi connectivity index (χ3n) is 5.46. The molecule has 0 saturated heterocycles. The number of amides is 1. The summed E-state index contributed by atoms with van der Waals surface area (Å²) in [6.07, 6.45) is 32.6. The lowest BCUT2D eigenvalue weighted by atomic mass is 10.1. The van der Waals surface area contributed by atoms with E-state index in [1.165, 1.54) is 96.3 Å². The molecule has 0 unspecified atom stereocenters. The van der Waals surface area contributed by atoms with Crippen molar-refractivity contribution >= 4 is 5.91 Å². The molecule has 0 radical (unpaired) electrons. The summed E-state index contributed by atoms with van der Waals surface area (Å²) in [5.74, 6) is 0.252. The number of nitrogens with one attached hydrogen (secondary N) is 1. The first-order valence-electron chi connectivity index (χ1n) is 12.9. The average molecular weight is 406 g/mol. The van der Waals surface area contributed by atoms with E-state index < -0.39 is 0 Å². The molecule has 0 bridgehead atoms. The summed E-state index contributed by atoms with van der Waals surface area (Å²) in [5, 5.41) is 3.08. The fourth-order valence-corrected chi connectivity index (χ4v) is 3.50.